The maximum Gasteiger partial charge on any atom is 0.258 e. The molecule has 2 aromatic rings. The molecule has 0 radical (unpaired) electrons. The van der Waals surface area contributed by atoms with Gasteiger partial charge < -0.3 is 4.74 Å². The molecule has 0 bridgehead atoms. The molecule has 0 N–H and O–H groups in total. The number of hydrogen-bond donors (Lipinski definition) is 0. The Bertz CT molecular complexity index is 807. The first kappa shape index (κ1) is 14.8. The second-order valence-corrected chi connectivity index (χ2v) is 7.24. The van der Waals surface area contributed by atoms with Gasteiger partial charge >= 0.3 is 0 Å². The average Bonchev–Trinajstić information content (AvgIpc) is 2.54. The van der Waals surface area contributed by atoms with E-state index in [1.807, 2.05) is 6.92 Å². The van der Waals surface area contributed by atoms with Crippen molar-refractivity contribution in [2.24, 2.45) is 0 Å². The topological polar surface area (TPSA) is 60.4 Å². The lowest BCUT2D eigenvalue weighted by atomic mass is 9.94. The van der Waals surface area contributed by atoms with E-state index in [-0.39, 0.29) is 4.90 Å². The number of fused-ring (bicyclic) bond motifs is 1. The molecular formula is C17H16O4S. The average molecular weight is 316 g/mol. The van der Waals surface area contributed by atoms with E-state index in [1.165, 1.54) is 12.1 Å². The lowest BCUT2D eigenvalue weighted by Crippen LogP contribution is -2.27. The van der Waals surface area contributed by atoms with Gasteiger partial charge in [0.05, 0.1) is 17.4 Å². The molecule has 114 valence electrons. The fraction of sp³-hybridized carbons (Fsp3) is 0.235. The van der Waals surface area contributed by atoms with Gasteiger partial charge in [0.25, 0.3) is 5.12 Å². The largest absolute Gasteiger partial charge is 0.493 e. The van der Waals surface area contributed by atoms with E-state index < -0.39 is 20.9 Å². The number of sulfone groups is 1. The summed E-state index contributed by atoms with van der Waals surface area (Å²) in [4.78, 5) is 12.7. The summed E-state index contributed by atoms with van der Waals surface area (Å²) in [5, 5.41) is -0.757. The minimum Gasteiger partial charge on any atom is -0.493 e. The van der Waals surface area contributed by atoms with Crippen LogP contribution < -0.4 is 4.74 Å². The third-order valence-electron chi connectivity index (χ3n) is 3.84. The summed E-state index contributed by atoms with van der Waals surface area (Å²) in [7, 11) is -3.99. The first-order chi connectivity index (χ1) is 10.5. The Morgan fingerprint density at radius 3 is 2.50 bits per heavy atom. The van der Waals surface area contributed by atoms with Gasteiger partial charge in [0, 0.05) is 5.56 Å². The van der Waals surface area contributed by atoms with Crippen molar-refractivity contribution in [3.05, 3.63) is 59.7 Å². The SMILES string of the molecule is Cc1ccc(S(=O)(=O)C(=O)[C@H]2CCOc3ccccc32)cc1. The Labute approximate surface area is 129 Å². The first-order valence-electron chi connectivity index (χ1n) is 7.07. The van der Waals surface area contributed by atoms with Crippen molar-refractivity contribution in [3.8, 4) is 5.75 Å². The maximum atomic E-state index is 12.6. The molecular weight excluding hydrogens is 300 g/mol. The molecule has 0 fully saturated rings. The van der Waals surface area contributed by atoms with Crippen molar-refractivity contribution in [2.75, 3.05) is 6.61 Å². The van der Waals surface area contributed by atoms with Crippen LogP contribution in [0.3, 0.4) is 0 Å². The number of hydrogen-bond acceptors (Lipinski definition) is 4. The van der Waals surface area contributed by atoms with Gasteiger partial charge in [0.15, 0.2) is 0 Å². The Hall–Kier alpha value is -2.14. The van der Waals surface area contributed by atoms with Gasteiger partial charge in [-0.05, 0) is 31.5 Å². The lowest BCUT2D eigenvalue weighted by Gasteiger charge is -2.24. The van der Waals surface area contributed by atoms with E-state index in [0.717, 1.165) is 5.56 Å². The summed E-state index contributed by atoms with van der Waals surface area (Å²) < 4.78 is 30.6. The molecule has 0 saturated heterocycles. The van der Waals surface area contributed by atoms with Crippen LogP contribution in [0.1, 0.15) is 23.5 Å². The molecule has 0 aliphatic carbocycles. The highest BCUT2D eigenvalue weighted by atomic mass is 32.2. The third-order valence-corrected chi connectivity index (χ3v) is 5.55. The Morgan fingerprint density at radius 1 is 1.09 bits per heavy atom. The zero-order valence-electron chi connectivity index (χ0n) is 12.2. The summed E-state index contributed by atoms with van der Waals surface area (Å²) in [5.41, 5.74) is 1.59. The van der Waals surface area contributed by atoms with Gasteiger partial charge in [-0.15, -0.1) is 0 Å². The van der Waals surface area contributed by atoms with E-state index in [2.05, 4.69) is 0 Å². The normalized spacial score (nSPS) is 17.4. The van der Waals surface area contributed by atoms with Crippen LogP contribution in [0.15, 0.2) is 53.4 Å². The molecule has 0 saturated carbocycles. The van der Waals surface area contributed by atoms with Gasteiger partial charge in [0.1, 0.15) is 5.75 Å². The molecule has 1 atom stereocenters. The Morgan fingerprint density at radius 2 is 1.77 bits per heavy atom. The molecule has 22 heavy (non-hydrogen) atoms. The van der Waals surface area contributed by atoms with Crippen LogP contribution in [-0.4, -0.2) is 20.1 Å². The van der Waals surface area contributed by atoms with E-state index in [9.17, 15) is 13.2 Å². The molecule has 0 amide bonds. The second kappa shape index (κ2) is 5.57. The van der Waals surface area contributed by atoms with E-state index in [4.69, 9.17) is 4.74 Å². The minimum absolute atomic E-state index is 0.0482. The van der Waals surface area contributed by atoms with Crippen LogP contribution in [0.25, 0.3) is 0 Å². The molecule has 0 unspecified atom stereocenters. The van der Waals surface area contributed by atoms with Gasteiger partial charge in [-0.1, -0.05) is 35.9 Å². The summed E-state index contributed by atoms with van der Waals surface area (Å²) in [6.07, 6.45) is 0.376. The molecule has 1 aliphatic heterocycles. The van der Waals surface area contributed by atoms with Crippen LogP contribution >= 0.6 is 0 Å². The van der Waals surface area contributed by atoms with Gasteiger partial charge in [-0.2, -0.15) is 0 Å². The Kier molecular flexibility index (Phi) is 3.74. The monoisotopic (exact) mass is 316 g/mol. The number of aryl methyl sites for hydroxylation is 1. The van der Waals surface area contributed by atoms with Crippen molar-refractivity contribution >= 4 is 15.0 Å². The summed E-state index contributed by atoms with van der Waals surface area (Å²) in [5.74, 6) is -0.0811. The number of ether oxygens (including phenoxy) is 1. The lowest BCUT2D eigenvalue weighted by molar-refractivity contribution is -0.113. The van der Waals surface area contributed by atoms with Crippen molar-refractivity contribution in [2.45, 2.75) is 24.2 Å². The third kappa shape index (κ3) is 2.52. The first-order valence-corrected chi connectivity index (χ1v) is 8.56. The molecule has 1 heterocycles. The van der Waals surface area contributed by atoms with Crippen LogP contribution in [-0.2, 0) is 14.6 Å². The number of para-hydroxylation sites is 1. The highest BCUT2D eigenvalue weighted by Gasteiger charge is 2.36. The van der Waals surface area contributed by atoms with Crippen molar-refractivity contribution in [1.82, 2.24) is 0 Å². The molecule has 2 aromatic carbocycles. The second-order valence-electron chi connectivity index (χ2n) is 5.36. The van der Waals surface area contributed by atoms with E-state index in [0.29, 0.717) is 24.3 Å². The maximum absolute atomic E-state index is 12.6. The standard InChI is InChI=1S/C17H16O4S/c1-12-6-8-13(9-7-12)22(19,20)17(18)15-10-11-21-16-5-3-2-4-14(15)16/h2-9,15H,10-11H2,1H3/t15-/m0/s1. The number of benzene rings is 2. The molecule has 5 heteroatoms. The van der Waals surface area contributed by atoms with Crippen molar-refractivity contribution in [1.29, 1.82) is 0 Å². The van der Waals surface area contributed by atoms with Crippen LogP contribution in [0.2, 0.25) is 0 Å². The van der Waals surface area contributed by atoms with Gasteiger partial charge in [-0.3, -0.25) is 4.79 Å². The van der Waals surface area contributed by atoms with Crippen LogP contribution in [0.5, 0.6) is 5.75 Å². The smallest absolute Gasteiger partial charge is 0.258 e. The summed E-state index contributed by atoms with van der Waals surface area (Å²) in [6, 6.07) is 13.4. The fourth-order valence-corrected chi connectivity index (χ4v) is 3.95. The number of carbonyl (C=O) groups excluding carboxylic acids is 1. The summed E-state index contributed by atoms with van der Waals surface area (Å²) >= 11 is 0. The van der Waals surface area contributed by atoms with Gasteiger partial charge in [0.2, 0.25) is 9.84 Å². The summed E-state index contributed by atoms with van der Waals surface area (Å²) in [6.45, 7) is 2.21. The zero-order chi connectivity index (χ0) is 15.7. The van der Waals surface area contributed by atoms with Crippen LogP contribution in [0.4, 0.5) is 0 Å². The van der Waals surface area contributed by atoms with E-state index >= 15 is 0 Å². The molecule has 3 rings (SSSR count). The fourth-order valence-electron chi connectivity index (χ4n) is 2.61. The predicted molar refractivity (Wildman–Crippen MR) is 82.7 cm³/mol. The molecule has 0 aromatic heterocycles. The molecule has 1 aliphatic rings. The quantitative estimate of drug-likeness (QED) is 0.855. The number of rotatable bonds is 2. The van der Waals surface area contributed by atoms with Crippen LogP contribution in [0, 0.1) is 6.92 Å². The highest BCUT2D eigenvalue weighted by molar-refractivity contribution is 8.06. The molecule has 0 spiro atoms. The minimum atomic E-state index is -3.99. The van der Waals surface area contributed by atoms with Gasteiger partial charge in [-0.25, -0.2) is 8.42 Å². The van der Waals surface area contributed by atoms with Crippen molar-refractivity contribution in [3.63, 3.8) is 0 Å². The zero-order valence-corrected chi connectivity index (χ0v) is 13.0. The Balaban J connectivity index is 1.99. The van der Waals surface area contributed by atoms with Crippen molar-refractivity contribution < 1.29 is 17.9 Å². The van der Waals surface area contributed by atoms with E-state index in [1.54, 1.807) is 36.4 Å². The molecule has 4 nitrogen and oxygen atoms in total. The highest BCUT2D eigenvalue weighted by Crippen LogP contribution is 2.36. The number of carbonyl (C=O) groups is 1. The predicted octanol–water partition coefficient (Wildman–Crippen LogP) is 2.86.